The molecule has 24 heavy (non-hydrogen) atoms. The van der Waals surface area contributed by atoms with Gasteiger partial charge in [0.2, 0.25) is 11.4 Å². The monoisotopic (exact) mass is 322 g/mol. The molecular formula is C15H16N9+. The van der Waals surface area contributed by atoms with E-state index in [1.54, 1.807) is 57.5 Å². The Kier molecular flexibility index (Phi) is 4.97. The first-order valence-corrected chi connectivity index (χ1v) is 6.97. The number of benzene rings is 1. The van der Waals surface area contributed by atoms with Gasteiger partial charge in [0.15, 0.2) is 0 Å². The van der Waals surface area contributed by atoms with Gasteiger partial charge in [-0.25, -0.2) is 9.13 Å². The highest BCUT2D eigenvalue weighted by atomic mass is 15.5. The number of hydrogen-bond donors (Lipinski definition) is 0. The maximum Gasteiger partial charge on any atom is 0.423 e. The van der Waals surface area contributed by atoms with Crippen LogP contribution in [0.15, 0.2) is 44.8 Å². The minimum atomic E-state index is 0.244. The Bertz CT molecular complexity index is 836. The molecule has 0 aliphatic heterocycles. The van der Waals surface area contributed by atoms with Crippen molar-refractivity contribution in [3.05, 3.63) is 35.7 Å². The summed E-state index contributed by atoms with van der Waals surface area (Å²) in [4.78, 5) is 0. The predicted molar refractivity (Wildman–Crippen MR) is 84.8 cm³/mol. The second kappa shape index (κ2) is 7.11. The predicted octanol–water partition coefficient (Wildman–Crippen LogP) is 2.57. The van der Waals surface area contributed by atoms with Crippen LogP contribution in [0, 0.1) is 22.7 Å². The van der Waals surface area contributed by atoms with Crippen molar-refractivity contribution in [2.75, 3.05) is 14.1 Å². The number of hydrogen-bond acceptors (Lipinski definition) is 6. The summed E-state index contributed by atoms with van der Waals surface area (Å²) < 4.78 is 3.06. The van der Waals surface area contributed by atoms with E-state index < -0.39 is 0 Å². The molecule has 0 aliphatic rings. The molecule has 0 unspecified atom stereocenters. The van der Waals surface area contributed by atoms with Crippen molar-refractivity contribution in [3.63, 3.8) is 0 Å². The summed E-state index contributed by atoms with van der Waals surface area (Å²) in [6.45, 7) is 0. The standard InChI is InChI=1S/C15H16N9/c1-22(2)21-19-12-7-5-11(6-8-12)18-20-15-23(3)13(9-16)14(10-17)24(15)4/h5-8H,1-4H3/q+1. The van der Waals surface area contributed by atoms with Crippen LogP contribution >= 0.6 is 0 Å². The van der Waals surface area contributed by atoms with E-state index >= 15 is 0 Å². The SMILES string of the molecule is CN(C)/N=N\c1ccc(/N=N/c2n(C)c(C#N)c(C#N)[n+]2C)cc1. The molecule has 0 saturated heterocycles. The van der Waals surface area contributed by atoms with E-state index in [-0.39, 0.29) is 11.4 Å². The molecule has 0 amide bonds. The van der Waals surface area contributed by atoms with Gasteiger partial charge in [-0.05, 0) is 24.3 Å². The van der Waals surface area contributed by atoms with Crippen molar-refractivity contribution >= 4 is 17.3 Å². The van der Waals surface area contributed by atoms with Crippen molar-refractivity contribution < 1.29 is 4.57 Å². The molecule has 0 atom stereocenters. The van der Waals surface area contributed by atoms with E-state index in [0.29, 0.717) is 17.3 Å². The van der Waals surface area contributed by atoms with Crippen LogP contribution in [0.2, 0.25) is 0 Å². The first kappa shape index (κ1) is 16.8. The van der Waals surface area contributed by atoms with Gasteiger partial charge in [-0.2, -0.15) is 10.5 Å². The van der Waals surface area contributed by atoms with Gasteiger partial charge in [0.05, 0.1) is 19.8 Å². The Labute approximate surface area is 139 Å². The van der Waals surface area contributed by atoms with Crippen LogP contribution in [-0.2, 0) is 14.1 Å². The van der Waals surface area contributed by atoms with E-state index in [0.717, 1.165) is 0 Å². The molecule has 0 aliphatic carbocycles. The number of nitriles is 2. The van der Waals surface area contributed by atoms with Crippen LogP contribution in [0.4, 0.5) is 17.3 Å². The van der Waals surface area contributed by atoms with Crippen molar-refractivity contribution in [2.24, 2.45) is 34.7 Å². The first-order chi connectivity index (χ1) is 11.5. The van der Waals surface area contributed by atoms with Crippen molar-refractivity contribution in [2.45, 2.75) is 0 Å². The second-order valence-corrected chi connectivity index (χ2v) is 5.09. The lowest BCUT2D eigenvalue weighted by atomic mass is 10.3. The highest BCUT2D eigenvalue weighted by Crippen LogP contribution is 2.21. The van der Waals surface area contributed by atoms with E-state index in [4.69, 9.17) is 10.5 Å². The quantitative estimate of drug-likeness (QED) is 0.490. The number of rotatable bonds is 4. The first-order valence-electron chi connectivity index (χ1n) is 6.97. The Balaban J connectivity index is 2.28. The second-order valence-electron chi connectivity index (χ2n) is 5.09. The van der Waals surface area contributed by atoms with Crippen LogP contribution in [0.1, 0.15) is 11.4 Å². The average Bonchev–Trinajstić information content (AvgIpc) is 2.81. The molecule has 2 rings (SSSR count). The smallest absolute Gasteiger partial charge is 0.285 e. The third-order valence-electron chi connectivity index (χ3n) is 3.15. The fourth-order valence-corrected chi connectivity index (χ4v) is 1.96. The molecule has 9 heteroatoms. The lowest BCUT2D eigenvalue weighted by molar-refractivity contribution is -0.660. The van der Waals surface area contributed by atoms with Crippen molar-refractivity contribution in [1.29, 1.82) is 10.5 Å². The Morgan fingerprint density at radius 1 is 1.00 bits per heavy atom. The third kappa shape index (κ3) is 3.42. The molecule has 1 heterocycles. The van der Waals surface area contributed by atoms with Gasteiger partial charge < -0.3 is 0 Å². The summed E-state index contributed by atoms with van der Waals surface area (Å²) in [6, 6.07) is 11.0. The Morgan fingerprint density at radius 2 is 1.58 bits per heavy atom. The third-order valence-corrected chi connectivity index (χ3v) is 3.15. The Hall–Kier alpha value is -3.59. The van der Waals surface area contributed by atoms with E-state index in [2.05, 4.69) is 20.6 Å². The molecule has 2 aromatic rings. The maximum absolute atomic E-state index is 9.14. The van der Waals surface area contributed by atoms with Crippen molar-refractivity contribution in [1.82, 2.24) is 9.58 Å². The molecule has 0 bridgehead atoms. The number of azo groups is 1. The zero-order valence-corrected chi connectivity index (χ0v) is 13.8. The van der Waals surface area contributed by atoms with Gasteiger partial charge in [-0.15, -0.1) is 5.11 Å². The van der Waals surface area contributed by atoms with E-state index in [1.807, 2.05) is 12.1 Å². The average molecular weight is 322 g/mol. The number of nitrogens with zero attached hydrogens (tertiary/aromatic N) is 9. The molecule has 0 N–H and O–H groups in total. The van der Waals surface area contributed by atoms with Gasteiger partial charge in [-0.3, -0.25) is 5.01 Å². The normalized spacial score (nSPS) is 10.9. The summed E-state index contributed by atoms with van der Waals surface area (Å²) >= 11 is 0. The largest absolute Gasteiger partial charge is 0.423 e. The lowest BCUT2D eigenvalue weighted by Gasteiger charge is -1.99. The van der Waals surface area contributed by atoms with Gasteiger partial charge >= 0.3 is 5.95 Å². The van der Waals surface area contributed by atoms with E-state index in [9.17, 15) is 0 Å². The topological polar surface area (TPSA) is 109 Å². The molecule has 9 nitrogen and oxygen atoms in total. The molecule has 120 valence electrons. The van der Waals surface area contributed by atoms with Crippen LogP contribution in [0.5, 0.6) is 0 Å². The molecule has 0 spiro atoms. The van der Waals surface area contributed by atoms with Gasteiger partial charge in [-0.1, -0.05) is 10.3 Å². The van der Waals surface area contributed by atoms with Gasteiger partial charge in [0.1, 0.15) is 17.8 Å². The fourth-order valence-electron chi connectivity index (χ4n) is 1.96. The van der Waals surface area contributed by atoms with Crippen LogP contribution < -0.4 is 4.57 Å². The van der Waals surface area contributed by atoms with Crippen molar-refractivity contribution in [3.8, 4) is 12.1 Å². The minimum Gasteiger partial charge on any atom is -0.285 e. The van der Waals surface area contributed by atoms with Crippen LogP contribution in [0.3, 0.4) is 0 Å². The summed E-state index contributed by atoms with van der Waals surface area (Å²) in [5.74, 6) is 0.402. The number of imidazole rings is 1. The van der Waals surface area contributed by atoms with Crippen LogP contribution in [-0.4, -0.2) is 23.7 Å². The zero-order valence-electron chi connectivity index (χ0n) is 13.8. The summed E-state index contributed by atoms with van der Waals surface area (Å²) in [7, 11) is 6.91. The van der Waals surface area contributed by atoms with Crippen LogP contribution in [0.25, 0.3) is 0 Å². The summed E-state index contributed by atoms with van der Waals surface area (Å²) in [6.07, 6.45) is 0. The molecule has 0 radical (unpaired) electrons. The summed E-state index contributed by atoms with van der Waals surface area (Å²) in [5.41, 5.74) is 1.81. The number of aromatic nitrogens is 2. The highest BCUT2D eigenvalue weighted by molar-refractivity contribution is 5.47. The zero-order chi connectivity index (χ0) is 17.7. The summed E-state index contributed by atoms with van der Waals surface area (Å²) in [5, 5.41) is 36.1. The molecule has 0 fully saturated rings. The van der Waals surface area contributed by atoms with Gasteiger partial charge in [0, 0.05) is 19.2 Å². The molecule has 0 saturated carbocycles. The molecule has 1 aromatic carbocycles. The fraction of sp³-hybridized carbons (Fsp3) is 0.267. The molecule has 1 aromatic heterocycles. The maximum atomic E-state index is 9.14. The Morgan fingerprint density at radius 3 is 2.04 bits per heavy atom. The molecular weight excluding hydrogens is 306 g/mol. The minimum absolute atomic E-state index is 0.244. The van der Waals surface area contributed by atoms with E-state index in [1.165, 1.54) is 9.13 Å². The highest BCUT2D eigenvalue weighted by Gasteiger charge is 2.25. The van der Waals surface area contributed by atoms with Gasteiger partial charge in [0.25, 0.3) is 0 Å². The lowest BCUT2D eigenvalue weighted by Crippen LogP contribution is -2.30.